The fourth-order valence-corrected chi connectivity index (χ4v) is 4.95. The molecule has 2 aromatic heterocycles. The SMILES string of the molecule is COC(=O)c1c(NC(=O)COC(=O)Cc2coc3cc(C)ccc23)sc2c1CCC2. The van der Waals surface area contributed by atoms with Crippen LogP contribution in [0, 0.1) is 6.92 Å². The molecule has 0 fully saturated rings. The van der Waals surface area contributed by atoms with Gasteiger partial charge in [-0.2, -0.15) is 0 Å². The molecule has 156 valence electrons. The zero-order chi connectivity index (χ0) is 21.3. The lowest BCUT2D eigenvalue weighted by Crippen LogP contribution is -2.22. The number of thiophene rings is 1. The third kappa shape index (κ3) is 3.95. The van der Waals surface area contributed by atoms with Crippen LogP contribution in [-0.4, -0.2) is 31.6 Å². The van der Waals surface area contributed by atoms with Gasteiger partial charge in [-0.3, -0.25) is 9.59 Å². The molecule has 0 bridgehead atoms. The van der Waals surface area contributed by atoms with Gasteiger partial charge in [-0.1, -0.05) is 12.1 Å². The van der Waals surface area contributed by atoms with E-state index in [1.165, 1.54) is 24.7 Å². The summed E-state index contributed by atoms with van der Waals surface area (Å²) in [6.45, 7) is 1.53. The van der Waals surface area contributed by atoms with E-state index >= 15 is 0 Å². The molecule has 4 rings (SSSR count). The third-order valence-electron chi connectivity index (χ3n) is 5.07. The average Bonchev–Trinajstić information content (AvgIpc) is 3.40. The van der Waals surface area contributed by atoms with Gasteiger partial charge in [-0.25, -0.2) is 4.79 Å². The fraction of sp³-hybridized carbons (Fsp3) is 0.318. The van der Waals surface area contributed by atoms with Crippen molar-refractivity contribution in [3.8, 4) is 0 Å². The van der Waals surface area contributed by atoms with Crippen molar-refractivity contribution >= 4 is 45.2 Å². The van der Waals surface area contributed by atoms with Crippen molar-refractivity contribution in [1.82, 2.24) is 0 Å². The van der Waals surface area contributed by atoms with Gasteiger partial charge in [-0.15, -0.1) is 11.3 Å². The summed E-state index contributed by atoms with van der Waals surface area (Å²) in [6, 6.07) is 5.74. The molecule has 8 heteroatoms. The molecular weight excluding hydrogens is 406 g/mol. The summed E-state index contributed by atoms with van der Waals surface area (Å²) in [4.78, 5) is 37.7. The number of fused-ring (bicyclic) bond motifs is 2. The first kappa shape index (κ1) is 20.2. The maximum Gasteiger partial charge on any atom is 0.341 e. The van der Waals surface area contributed by atoms with Crippen LogP contribution in [0.15, 0.2) is 28.9 Å². The van der Waals surface area contributed by atoms with Gasteiger partial charge in [0.15, 0.2) is 6.61 Å². The number of methoxy groups -OCH3 is 1. The number of hydrogen-bond donors (Lipinski definition) is 1. The van der Waals surface area contributed by atoms with Gasteiger partial charge in [0.1, 0.15) is 10.6 Å². The Bertz CT molecular complexity index is 1140. The number of anilines is 1. The first-order valence-corrected chi connectivity index (χ1v) is 10.4. The van der Waals surface area contributed by atoms with Crippen molar-refractivity contribution in [2.24, 2.45) is 0 Å². The molecule has 0 spiro atoms. The molecule has 1 aromatic carbocycles. The van der Waals surface area contributed by atoms with E-state index in [9.17, 15) is 14.4 Å². The zero-order valence-electron chi connectivity index (χ0n) is 16.7. The summed E-state index contributed by atoms with van der Waals surface area (Å²) in [7, 11) is 1.32. The van der Waals surface area contributed by atoms with Crippen molar-refractivity contribution in [1.29, 1.82) is 0 Å². The quantitative estimate of drug-likeness (QED) is 0.601. The first-order valence-electron chi connectivity index (χ1n) is 9.61. The Labute approximate surface area is 177 Å². The van der Waals surface area contributed by atoms with Crippen LogP contribution in [0.2, 0.25) is 0 Å². The Morgan fingerprint density at radius 3 is 2.87 bits per heavy atom. The van der Waals surface area contributed by atoms with E-state index in [2.05, 4.69) is 5.32 Å². The van der Waals surface area contributed by atoms with Crippen molar-refractivity contribution in [3.63, 3.8) is 0 Å². The maximum atomic E-state index is 12.3. The summed E-state index contributed by atoms with van der Waals surface area (Å²) in [5, 5.41) is 3.98. The highest BCUT2D eigenvalue weighted by molar-refractivity contribution is 7.17. The number of carbonyl (C=O) groups excluding carboxylic acids is 3. The molecule has 7 nitrogen and oxygen atoms in total. The van der Waals surface area contributed by atoms with Gasteiger partial charge in [0.2, 0.25) is 0 Å². The van der Waals surface area contributed by atoms with Crippen LogP contribution in [0.4, 0.5) is 5.00 Å². The molecule has 30 heavy (non-hydrogen) atoms. The molecule has 1 aliphatic carbocycles. The van der Waals surface area contributed by atoms with Gasteiger partial charge in [-0.05, 0) is 43.4 Å². The topological polar surface area (TPSA) is 94.8 Å². The highest BCUT2D eigenvalue weighted by Gasteiger charge is 2.28. The molecular formula is C22H21NO6S. The lowest BCUT2D eigenvalue weighted by Gasteiger charge is -2.08. The van der Waals surface area contributed by atoms with Crippen LogP contribution < -0.4 is 5.32 Å². The average molecular weight is 427 g/mol. The monoisotopic (exact) mass is 427 g/mol. The Balaban J connectivity index is 1.37. The Kier molecular flexibility index (Phi) is 5.59. The molecule has 2 heterocycles. The van der Waals surface area contributed by atoms with E-state index in [1.807, 2.05) is 25.1 Å². The second-order valence-corrected chi connectivity index (χ2v) is 8.30. The van der Waals surface area contributed by atoms with Crippen molar-refractivity contribution in [3.05, 3.63) is 51.6 Å². The lowest BCUT2D eigenvalue weighted by molar-refractivity contribution is -0.146. The molecule has 1 aliphatic rings. The van der Waals surface area contributed by atoms with E-state index < -0.39 is 24.5 Å². The number of amides is 1. The Morgan fingerprint density at radius 1 is 1.23 bits per heavy atom. The van der Waals surface area contributed by atoms with Crippen LogP contribution in [0.1, 0.15) is 38.3 Å². The fourth-order valence-electron chi connectivity index (χ4n) is 3.65. The molecule has 0 atom stereocenters. The number of rotatable bonds is 6. The van der Waals surface area contributed by atoms with E-state index in [-0.39, 0.29) is 6.42 Å². The Hall–Kier alpha value is -3.13. The maximum absolute atomic E-state index is 12.3. The number of ether oxygens (including phenoxy) is 2. The highest BCUT2D eigenvalue weighted by atomic mass is 32.1. The van der Waals surface area contributed by atoms with E-state index in [0.29, 0.717) is 21.7 Å². The summed E-state index contributed by atoms with van der Waals surface area (Å²) < 4.78 is 15.5. The minimum Gasteiger partial charge on any atom is -0.465 e. The first-order chi connectivity index (χ1) is 14.5. The third-order valence-corrected chi connectivity index (χ3v) is 6.28. The number of hydrogen-bond acceptors (Lipinski definition) is 7. The van der Waals surface area contributed by atoms with Crippen LogP contribution >= 0.6 is 11.3 Å². The lowest BCUT2D eigenvalue weighted by atomic mass is 10.1. The smallest absolute Gasteiger partial charge is 0.341 e. The van der Waals surface area contributed by atoms with Gasteiger partial charge in [0.05, 0.1) is 25.4 Å². The van der Waals surface area contributed by atoms with Crippen LogP contribution in [0.3, 0.4) is 0 Å². The summed E-state index contributed by atoms with van der Waals surface area (Å²) in [5.41, 5.74) is 3.83. The van der Waals surface area contributed by atoms with Crippen molar-refractivity contribution in [2.75, 3.05) is 19.0 Å². The predicted molar refractivity (Wildman–Crippen MR) is 112 cm³/mol. The molecule has 0 aliphatic heterocycles. The molecule has 0 unspecified atom stereocenters. The second-order valence-electron chi connectivity index (χ2n) is 7.20. The van der Waals surface area contributed by atoms with Gasteiger partial charge >= 0.3 is 11.9 Å². The number of furan rings is 1. The van der Waals surface area contributed by atoms with Crippen LogP contribution in [-0.2, 0) is 38.3 Å². The Morgan fingerprint density at radius 2 is 2.07 bits per heavy atom. The van der Waals surface area contributed by atoms with Gasteiger partial charge in [0, 0.05) is 15.8 Å². The number of benzene rings is 1. The minimum atomic E-state index is -0.532. The molecule has 0 saturated carbocycles. The molecule has 0 saturated heterocycles. The summed E-state index contributed by atoms with van der Waals surface area (Å²) in [6.07, 6.45) is 4.19. The number of carbonyl (C=O) groups is 3. The van der Waals surface area contributed by atoms with Crippen LogP contribution in [0.25, 0.3) is 11.0 Å². The van der Waals surface area contributed by atoms with E-state index in [4.69, 9.17) is 13.9 Å². The summed E-state index contributed by atoms with van der Waals surface area (Å²) in [5.74, 6) is -1.50. The second kappa shape index (κ2) is 8.31. The normalized spacial score (nSPS) is 12.6. The van der Waals surface area contributed by atoms with E-state index in [1.54, 1.807) is 0 Å². The molecule has 0 radical (unpaired) electrons. The number of aryl methyl sites for hydroxylation is 2. The van der Waals surface area contributed by atoms with Gasteiger partial charge in [0.25, 0.3) is 5.91 Å². The predicted octanol–water partition coefficient (Wildman–Crippen LogP) is 3.80. The standard InChI is InChI=1S/C22H21NO6S/c1-12-6-7-14-13(10-28-16(14)8-12)9-19(25)29-11-18(24)23-21-20(22(26)27-2)15-4-3-5-17(15)30-21/h6-8,10H,3-5,9,11H2,1-2H3,(H,23,24). The number of nitrogens with one attached hydrogen (secondary N) is 1. The van der Waals surface area contributed by atoms with E-state index in [0.717, 1.165) is 40.7 Å². The van der Waals surface area contributed by atoms with Gasteiger partial charge < -0.3 is 19.2 Å². The highest BCUT2D eigenvalue weighted by Crippen LogP contribution is 2.39. The largest absolute Gasteiger partial charge is 0.465 e. The number of esters is 2. The zero-order valence-corrected chi connectivity index (χ0v) is 17.5. The molecule has 1 N–H and O–H groups in total. The summed E-state index contributed by atoms with van der Waals surface area (Å²) >= 11 is 1.38. The minimum absolute atomic E-state index is 0.00402. The van der Waals surface area contributed by atoms with Crippen LogP contribution in [0.5, 0.6) is 0 Å². The van der Waals surface area contributed by atoms with Crippen molar-refractivity contribution in [2.45, 2.75) is 32.6 Å². The molecule has 1 amide bonds. The van der Waals surface area contributed by atoms with Crippen molar-refractivity contribution < 1.29 is 28.3 Å². The molecule has 3 aromatic rings.